The molecule has 1 nitrogen and oxygen atoms in total. The first-order chi connectivity index (χ1) is 8.04. The predicted octanol–water partition coefficient (Wildman–Crippen LogP) is 4.42. The Kier molecular flexibility index (Phi) is 6.32. The first kappa shape index (κ1) is 14.8. The Bertz CT molecular complexity index is 352. The Balaban J connectivity index is 2.60. The first-order valence-corrected chi connectivity index (χ1v) is 6.94. The summed E-state index contributed by atoms with van der Waals surface area (Å²) in [6.45, 7) is 8.74. The van der Waals surface area contributed by atoms with E-state index in [2.05, 4.69) is 26.1 Å². The summed E-state index contributed by atoms with van der Waals surface area (Å²) in [5.41, 5.74) is 1.15. The lowest BCUT2D eigenvalue weighted by molar-refractivity contribution is 0.368. The van der Waals surface area contributed by atoms with Crippen LogP contribution in [0.25, 0.3) is 0 Å². The Morgan fingerprint density at radius 2 is 1.88 bits per heavy atom. The van der Waals surface area contributed by atoms with E-state index in [4.69, 9.17) is 23.2 Å². The molecule has 0 saturated carbocycles. The summed E-state index contributed by atoms with van der Waals surface area (Å²) in [4.78, 5) is 0. The van der Waals surface area contributed by atoms with Gasteiger partial charge in [-0.25, -0.2) is 0 Å². The molecule has 17 heavy (non-hydrogen) atoms. The van der Waals surface area contributed by atoms with Gasteiger partial charge < -0.3 is 5.32 Å². The minimum atomic E-state index is 0.588. The van der Waals surface area contributed by atoms with Gasteiger partial charge in [-0.2, -0.15) is 0 Å². The van der Waals surface area contributed by atoms with Gasteiger partial charge in [0.25, 0.3) is 0 Å². The van der Waals surface area contributed by atoms with Gasteiger partial charge in [0.15, 0.2) is 0 Å². The van der Waals surface area contributed by atoms with Gasteiger partial charge >= 0.3 is 0 Å². The van der Waals surface area contributed by atoms with Gasteiger partial charge in [0.05, 0.1) is 0 Å². The molecule has 1 aromatic rings. The van der Waals surface area contributed by atoms with Crippen molar-refractivity contribution in [1.29, 1.82) is 0 Å². The van der Waals surface area contributed by atoms with Crippen molar-refractivity contribution in [3.8, 4) is 0 Å². The topological polar surface area (TPSA) is 12.0 Å². The number of halogens is 2. The Labute approximate surface area is 115 Å². The molecule has 0 radical (unpaired) electrons. The predicted molar refractivity (Wildman–Crippen MR) is 77.0 cm³/mol. The maximum Gasteiger partial charge on any atom is 0.0439 e. The van der Waals surface area contributed by atoms with Gasteiger partial charge in [-0.05, 0) is 55.1 Å². The van der Waals surface area contributed by atoms with E-state index in [1.807, 2.05) is 18.2 Å². The van der Waals surface area contributed by atoms with Crippen LogP contribution in [0.5, 0.6) is 0 Å². The monoisotopic (exact) mass is 273 g/mol. The molecule has 0 heterocycles. The van der Waals surface area contributed by atoms with E-state index in [1.54, 1.807) is 0 Å². The SMILES string of the molecule is CCNCC(C)C(C)Cc1cc(Cl)ccc1Cl. The van der Waals surface area contributed by atoms with Crippen molar-refractivity contribution in [3.05, 3.63) is 33.8 Å². The summed E-state index contributed by atoms with van der Waals surface area (Å²) in [5, 5.41) is 4.96. The van der Waals surface area contributed by atoms with Gasteiger partial charge in [0.1, 0.15) is 0 Å². The Morgan fingerprint density at radius 3 is 2.53 bits per heavy atom. The summed E-state index contributed by atoms with van der Waals surface area (Å²) in [7, 11) is 0. The van der Waals surface area contributed by atoms with Crippen LogP contribution in [-0.4, -0.2) is 13.1 Å². The second-order valence-electron chi connectivity index (χ2n) is 4.70. The smallest absolute Gasteiger partial charge is 0.0439 e. The van der Waals surface area contributed by atoms with Gasteiger partial charge in [0.2, 0.25) is 0 Å². The van der Waals surface area contributed by atoms with E-state index in [9.17, 15) is 0 Å². The fourth-order valence-corrected chi connectivity index (χ4v) is 2.21. The van der Waals surface area contributed by atoms with Crippen LogP contribution < -0.4 is 5.32 Å². The molecule has 0 aliphatic heterocycles. The van der Waals surface area contributed by atoms with Crippen LogP contribution in [0.4, 0.5) is 0 Å². The quantitative estimate of drug-likeness (QED) is 0.809. The normalized spacial score (nSPS) is 14.6. The molecular weight excluding hydrogens is 253 g/mol. The van der Waals surface area contributed by atoms with Crippen LogP contribution >= 0.6 is 23.2 Å². The lowest BCUT2D eigenvalue weighted by atomic mass is 9.89. The molecule has 1 rings (SSSR count). The maximum absolute atomic E-state index is 6.18. The molecule has 0 aliphatic carbocycles. The van der Waals surface area contributed by atoms with E-state index in [0.29, 0.717) is 11.8 Å². The van der Waals surface area contributed by atoms with Crippen molar-refractivity contribution in [1.82, 2.24) is 5.32 Å². The van der Waals surface area contributed by atoms with Gasteiger partial charge in [-0.3, -0.25) is 0 Å². The molecule has 96 valence electrons. The van der Waals surface area contributed by atoms with Gasteiger partial charge in [-0.15, -0.1) is 0 Å². The lowest BCUT2D eigenvalue weighted by Crippen LogP contribution is -2.25. The highest BCUT2D eigenvalue weighted by molar-refractivity contribution is 6.33. The zero-order chi connectivity index (χ0) is 12.8. The van der Waals surface area contributed by atoms with Crippen LogP contribution in [0.3, 0.4) is 0 Å². The summed E-state index contributed by atoms with van der Waals surface area (Å²) < 4.78 is 0. The van der Waals surface area contributed by atoms with Crippen LogP contribution in [0, 0.1) is 11.8 Å². The Hall–Kier alpha value is -0.240. The standard InChI is InChI=1S/C14H21Cl2N/c1-4-17-9-11(3)10(2)7-12-8-13(15)5-6-14(12)16/h5-6,8,10-11,17H,4,7,9H2,1-3H3. The molecular formula is C14H21Cl2N. The summed E-state index contributed by atoms with van der Waals surface area (Å²) in [6, 6.07) is 5.68. The zero-order valence-electron chi connectivity index (χ0n) is 10.8. The zero-order valence-corrected chi connectivity index (χ0v) is 12.3. The fraction of sp³-hybridized carbons (Fsp3) is 0.571. The van der Waals surface area contributed by atoms with E-state index >= 15 is 0 Å². The molecule has 0 spiro atoms. The van der Waals surface area contributed by atoms with Crippen LogP contribution in [-0.2, 0) is 6.42 Å². The van der Waals surface area contributed by atoms with Crippen molar-refractivity contribution in [3.63, 3.8) is 0 Å². The number of hydrogen-bond donors (Lipinski definition) is 1. The van der Waals surface area contributed by atoms with E-state index in [-0.39, 0.29) is 0 Å². The van der Waals surface area contributed by atoms with Gasteiger partial charge in [-0.1, -0.05) is 44.0 Å². The minimum absolute atomic E-state index is 0.588. The Morgan fingerprint density at radius 1 is 1.18 bits per heavy atom. The molecule has 0 aliphatic rings. The summed E-state index contributed by atoms with van der Waals surface area (Å²) in [6.07, 6.45) is 0.978. The third-order valence-corrected chi connectivity index (χ3v) is 3.84. The maximum atomic E-state index is 6.18. The number of nitrogens with one attached hydrogen (secondary N) is 1. The highest BCUT2D eigenvalue weighted by Crippen LogP contribution is 2.25. The van der Waals surface area contributed by atoms with Crippen molar-refractivity contribution in [2.24, 2.45) is 11.8 Å². The van der Waals surface area contributed by atoms with E-state index in [0.717, 1.165) is 35.1 Å². The molecule has 0 bridgehead atoms. The van der Waals surface area contributed by atoms with Crippen molar-refractivity contribution in [2.45, 2.75) is 27.2 Å². The van der Waals surface area contributed by atoms with Crippen molar-refractivity contribution < 1.29 is 0 Å². The largest absolute Gasteiger partial charge is 0.317 e. The van der Waals surface area contributed by atoms with Gasteiger partial charge in [0, 0.05) is 10.0 Å². The average molecular weight is 274 g/mol. The van der Waals surface area contributed by atoms with E-state index < -0.39 is 0 Å². The highest BCUT2D eigenvalue weighted by atomic mass is 35.5. The van der Waals surface area contributed by atoms with Crippen molar-refractivity contribution >= 4 is 23.2 Å². The molecule has 2 atom stereocenters. The second-order valence-corrected chi connectivity index (χ2v) is 5.55. The molecule has 1 aromatic carbocycles. The molecule has 2 unspecified atom stereocenters. The molecule has 3 heteroatoms. The molecule has 0 saturated heterocycles. The van der Waals surface area contributed by atoms with E-state index in [1.165, 1.54) is 0 Å². The second kappa shape index (κ2) is 7.25. The molecule has 0 aromatic heterocycles. The van der Waals surface area contributed by atoms with Crippen LogP contribution in [0.1, 0.15) is 26.3 Å². The number of rotatable bonds is 6. The first-order valence-electron chi connectivity index (χ1n) is 6.19. The average Bonchev–Trinajstić information content (AvgIpc) is 2.30. The molecule has 1 N–H and O–H groups in total. The van der Waals surface area contributed by atoms with Crippen LogP contribution in [0.15, 0.2) is 18.2 Å². The van der Waals surface area contributed by atoms with Crippen LogP contribution in [0.2, 0.25) is 10.0 Å². The number of hydrogen-bond acceptors (Lipinski definition) is 1. The minimum Gasteiger partial charge on any atom is -0.317 e. The third-order valence-electron chi connectivity index (χ3n) is 3.24. The number of benzene rings is 1. The summed E-state index contributed by atoms with van der Waals surface area (Å²) >= 11 is 12.2. The lowest BCUT2D eigenvalue weighted by Gasteiger charge is -2.20. The third kappa shape index (κ3) is 4.87. The fourth-order valence-electron chi connectivity index (χ4n) is 1.82. The van der Waals surface area contributed by atoms with Crippen molar-refractivity contribution in [2.75, 3.05) is 13.1 Å². The highest BCUT2D eigenvalue weighted by Gasteiger charge is 2.14. The molecule has 0 fully saturated rings. The summed E-state index contributed by atoms with van der Waals surface area (Å²) in [5.74, 6) is 1.22. The molecule has 0 amide bonds.